The molecule has 1 aliphatic rings. The molecule has 3 aromatic carbocycles. The third kappa shape index (κ3) is 12.5. The molecule has 7 N–H and O–H groups in total. The van der Waals surface area contributed by atoms with Gasteiger partial charge < -0.3 is 36.9 Å². The molecule has 4 aromatic rings. The number of carbonyl (C=O) groups is 5. The van der Waals surface area contributed by atoms with Crippen LogP contribution in [0.4, 0.5) is 0 Å². The van der Waals surface area contributed by atoms with Crippen molar-refractivity contribution in [3.05, 3.63) is 94.8 Å². The molecule has 0 saturated heterocycles. The van der Waals surface area contributed by atoms with Crippen molar-refractivity contribution in [2.24, 2.45) is 29.0 Å². The zero-order chi connectivity index (χ0) is 47.4. The molecule has 344 valence electrons. The number of hydrogen-bond donors (Lipinski definition) is 4. The summed E-state index contributed by atoms with van der Waals surface area (Å²) in [4.78, 5) is 81.2. The molecule has 0 saturated carbocycles. The van der Waals surface area contributed by atoms with Gasteiger partial charge in [0.1, 0.15) is 30.8 Å². The lowest BCUT2D eigenvalue weighted by atomic mass is 9.86. The highest BCUT2D eigenvalue weighted by Crippen LogP contribution is 2.41. The number of nitrogens with zero attached hydrogens (tertiary/aromatic N) is 4. The summed E-state index contributed by atoms with van der Waals surface area (Å²) < 4.78 is 12.2. The average Bonchev–Trinajstić information content (AvgIpc) is 3.28. The smallest absolute Gasteiger partial charge is 0.226 e. The zero-order valence-electron chi connectivity index (χ0n) is 38.3. The number of rotatable bonds is 17. The fourth-order valence-corrected chi connectivity index (χ4v) is 7.97. The number of benzene rings is 3. The quantitative estimate of drug-likeness (QED) is 0.0980. The topological polar surface area (TPSA) is 247 Å². The van der Waals surface area contributed by atoms with Crippen LogP contribution in [-0.4, -0.2) is 90.0 Å². The van der Waals surface area contributed by atoms with Gasteiger partial charge in [0.2, 0.25) is 11.8 Å². The minimum absolute atomic E-state index is 0.0264. The second-order valence-electron chi connectivity index (χ2n) is 17.6. The Balaban J connectivity index is 1.55. The van der Waals surface area contributed by atoms with Crippen molar-refractivity contribution in [1.82, 2.24) is 20.2 Å². The van der Waals surface area contributed by atoms with Gasteiger partial charge in [0.15, 0.2) is 23.2 Å². The van der Waals surface area contributed by atoms with E-state index in [1.165, 1.54) is 18.1 Å². The molecule has 0 spiro atoms. The van der Waals surface area contributed by atoms with Gasteiger partial charge in [0, 0.05) is 80.5 Å². The number of carbonyl (C=O) groups excluding carboxylic acids is 5. The van der Waals surface area contributed by atoms with E-state index in [4.69, 9.17) is 26.7 Å². The number of nitrogens with two attached hydrogens (primary N) is 3. The van der Waals surface area contributed by atoms with E-state index < -0.39 is 41.5 Å². The molecule has 0 aliphatic carbocycles. The number of fused-ring (bicyclic) bond motifs is 5. The fraction of sp³-hybridized carbons (Fsp3) is 0.440. The highest BCUT2D eigenvalue weighted by molar-refractivity contribution is 6.00. The van der Waals surface area contributed by atoms with Gasteiger partial charge in [-0.05, 0) is 72.7 Å². The van der Waals surface area contributed by atoms with Crippen LogP contribution >= 0.6 is 0 Å². The van der Waals surface area contributed by atoms with E-state index in [0.717, 1.165) is 11.1 Å². The monoisotopic (exact) mass is 886 g/mol. The highest BCUT2D eigenvalue weighted by Gasteiger charge is 2.36. The van der Waals surface area contributed by atoms with Gasteiger partial charge in [0.25, 0.3) is 0 Å². The van der Waals surface area contributed by atoms with Gasteiger partial charge in [0.05, 0.1) is 23.4 Å². The van der Waals surface area contributed by atoms with Gasteiger partial charge >= 0.3 is 0 Å². The highest BCUT2D eigenvalue weighted by atomic mass is 16.5. The summed E-state index contributed by atoms with van der Waals surface area (Å²) in [6.07, 6.45) is 1.09. The minimum Gasteiger partial charge on any atom is -0.492 e. The van der Waals surface area contributed by atoms with Crippen LogP contribution in [0.1, 0.15) is 98.6 Å². The molecule has 1 aliphatic heterocycles. The van der Waals surface area contributed by atoms with Crippen molar-refractivity contribution in [2.75, 3.05) is 39.9 Å². The molecule has 0 fully saturated rings. The van der Waals surface area contributed by atoms with Crippen LogP contribution in [0.2, 0.25) is 0 Å². The van der Waals surface area contributed by atoms with Crippen molar-refractivity contribution < 1.29 is 33.4 Å². The summed E-state index contributed by atoms with van der Waals surface area (Å²) in [6.45, 7) is 10.6. The predicted molar refractivity (Wildman–Crippen MR) is 248 cm³/mol. The molecule has 15 nitrogen and oxygen atoms in total. The molecule has 4 atom stereocenters. The average molecular weight is 887 g/mol. The standard InChI is InChI=1S/C50H62N8O7/c1-30-24-43(61)46(58(6)49(63)35(17-19-52)28-42(60)39-29-55-47(56-31(39)2)33-10-13-36(14-11-33)50(3,4)5)34-12-16-45(65-23-21-54)38(27-34)37-25-32(9-15-44(37)64-22-20-53)26-40(57-48(30)62)41(59)8-7-18-51/h9-16,25,27,29-30,35,40,46H,7-8,17,19-24,26,28,52-54H2,1-6H3,(H,57,62)/t30-,35-,40+,46+/m1/s1. The fourth-order valence-electron chi connectivity index (χ4n) is 7.97. The van der Waals surface area contributed by atoms with Crippen LogP contribution in [0.3, 0.4) is 0 Å². The normalized spacial score (nSPS) is 17.0. The van der Waals surface area contributed by atoms with Crippen LogP contribution in [0.5, 0.6) is 11.5 Å². The lowest BCUT2D eigenvalue weighted by Crippen LogP contribution is -2.46. The first-order valence-corrected chi connectivity index (χ1v) is 22.1. The number of aromatic nitrogens is 2. The van der Waals surface area contributed by atoms with E-state index in [1.807, 2.05) is 36.4 Å². The van der Waals surface area contributed by atoms with Crippen LogP contribution in [0, 0.1) is 30.1 Å². The molecule has 5 rings (SSSR count). The summed E-state index contributed by atoms with van der Waals surface area (Å²) in [5.74, 6) is -2.72. The van der Waals surface area contributed by atoms with Gasteiger partial charge in [-0.15, -0.1) is 0 Å². The molecule has 15 heteroatoms. The molecule has 2 heterocycles. The SMILES string of the molecule is Cc1nc(-c2ccc(C(C)(C)C)cc2)ncc1C(=O)C[C@@H](CCN)C(=O)N(C)[C@@H]1C(=O)C[C@@H](C)C(=O)N[C@H](C(=O)CCC#N)Cc2ccc(OCCN)c(c2)-c2cc1ccc2OCCN. The van der Waals surface area contributed by atoms with E-state index in [0.29, 0.717) is 45.3 Å². The lowest BCUT2D eigenvalue weighted by molar-refractivity contribution is -0.142. The Morgan fingerprint density at radius 3 is 2.17 bits per heavy atom. The number of ether oxygens (including phenoxy) is 2. The number of ketones is 3. The second kappa shape index (κ2) is 22.5. The largest absolute Gasteiger partial charge is 0.492 e. The molecule has 4 bridgehead atoms. The summed E-state index contributed by atoms with van der Waals surface area (Å²) in [5, 5.41) is 12.1. The van der Waals surface area contributed by atoms with Crippen molar-refractivity contribution in [3.8, 4) is 40.1 Å². The van der Waals surface area contributed by atoms with Crippen LogP contribution < -0.4 is 32.0 Å². The molecular formula is C50H62N8O7. The van der Waals surface area contributed by atoms with Crippen LogP contribution in [0.25, 0.3) is 22.5 Å². The maximum Gasteiger partial charge on any atom is 0.226 e. The number of amides is 2. The van der Waals surface area contributed by atoms with Crippen molar-refractivity contribution in [2.45, 2.75) is 90.6 Å². The maximum absolute atomic E-state index is 14.7. The van der Waals surface area contributed by atoms with Crippen LogP contribution in [-0.2, 0) is 31.0 Å². The van der Waals surface area contributed by atoms with E-state index >= 15 is 0 Å². The first kappa shape index (κ1) is 49.7. The Kier molecular flexibility index (Phi) is 17.2. The van der Waals surface area contributed by atoms with Gasteiger partial charge in [-0.2, -0.15) is 5.26 Å². The summed E-state index contributed by atoms with van der Waals surface area (Å²) in [5.41, 5.74) is 22.6. The zero-order valence-corrected chi connectivity index (χ0v) is 38.3. The van der Waals surface area contributed by atoms with Gasteiger partial charge in [-0.1, -0.05) is 64.1 Å². The molecule has 1 aromatic heterocycles. The number of aryl methyl sites for hydroxylation is 1. The van der Waals surface area contributed by atoms with Crippen molar-refractivity contribution in [1.29, 1.82) is 5.26 Å². The first-order valence-electron chi connectivity index (χ1n) is 22.1. The summed E-state index contributed by atoms with van der Waals surface area (Å²) >= 11 is 0. The summed E-state index contributed by atoms with van der Waals surface area (Å²) in [6, 6.07) is 18.2. The lowest BCUT2D eigenvalue weighted by Gasteiger charge is -2.32. The summed E-state index contributed by atoms with van der Waals surface area (Å²) in [7, 11) is 1.50. The Morgan fingerprint density at radius 1 is 0.923 bits per heavy atom. The minimum atomic E-state index is -1.24. The predicted octanol–water partition coefficient (Wildman–Crippen LogP) is 5.34. The van der Waals surface area contributed by atoms with E-state index in [9.17, 15) is 29.2 Å². The first-order chi connectivity index (χ1) is 31.0. The Hall–Kier alpha value is -6.34. The Labute approximate surface area is 381 Å². The number of nitrogens with one attached hydrogen (secondary N) is 1. The number of hydrogen-bond acceptors (Lipinski definition) is 13. The van der Waals surface area contributed by atoms with E-state index in [1.54, 1.807) is 44.2 Å². The van der Waals surface area contributed by atoms with Gasteiger partial charge in [-0.25, -0.2) is 9.97 Å². The molecule has 0 radical (unpaired) electrons. The number of likely N-dealkylation sites (N-methyl/N-ethyl adjacent to an activating group) is 1. The molecular weight excluding hydrogens is 825 g/mol. The third-order valence-electron chi connectivity index (χ3n) is 11.6. The number of Topliss-reactive ketones (excluding diaryl/α,β-unsaturated/α-hetero) is 3. The Morgan fingerprint density at radius 2 is 1.57 bits per heavy atom. The van der Waals surface area contributed by atoms with E-state index in [2.05, 4.69) is 36.1 Å². The molecule has 65 heavy (non-hydrogen) atoms. The maximum atomic E-state index is 14.7. The van der Waals surface area contributed by atoms with Crippen molar-refractivity contribution >= 4 is 29.2 Å². The number of nitriles is 1. The molecule has 2 amide bonds. The van der Waals surface area contributed by atoms with Crippen molar-refractivity contribution in [3.63, 3.8) is 0 Å². The van der Waals surface area contributed by atoms with E-state index in [-0.39, 0.29) is 93.9 Å². The van der Waals surface area contributed by atoms with Gasteiger partial charge in [-0.3, -0.25) is 24.0 Å². The third-order valence-corrected chi connectivity index (χ3v) is 11.6. The second-order valence-corrected chi connectivity index (χ2v) is 17.6. The molecule has 0 unspecified atom stereocenters. The van der Waals surface area contributed by atoms with Crippen LogP contribution in [0.15, 0.2) is 66.9 Å². The Bertz CT molecular complexity index is 2410.